The number of halogens is 1. The predicted molar refractivity (Wildman–Crippen MR) is 173 cm³/mol. The van der Waals surface area contributed by atoms with Crippen molar-refractivity contribution in [2.24, 2.45) is 10.4 Å². The summed E-state index contributed by atoms with van der Waals surface area (Å²) >= 11 is 0. The topological polar surface area (TPSA) is 81.2 Å². The predicted octanol–water partition coefficient (Wildman–Crippen LogP) is 7.14. The first-order valence-corrected chi connectivity index (χ1v) is 15.2. The number of nitriles is 1. The Hall–Kier alpha value is -3.57. The lowest BCUT2D eigenvalue weighted by atomic mass is 9.75. The average molecular weight is 580 g/mol. The third-order valence-corrected chi connectivity index (χ3v) is 7.59. The molecule has 0 bridgehead atoms. The molecule has 3 heterocycles. The first-order chi connectivity index (χ1) is 20.2. The molecule has 0 spiro atoms. The van der Waals surface area contributed by atoms with Gasteiger partial charge in [0.2, 0.25) is 0 Å². The number of alkyl halides is 1. The molecule has 0 aromatic carbocycles. The smallest absolute Gasteiger partial charge is 0.267 e. The Labute approximate surface area is 252 Å². The molecule has 230 valence electrons. The number of fused-ring (bicyclic) bond motifs is 1. The molecule has 0 atom stereocenters. The van der Waals surface area contributed by atoms with Crippen LogP contribution < -0.4 is 5.56 Å². The number of likely N-dealkylation sites (tertiary alicyclic amines) is 1. The number of allylic oxidation sites excluding steroid dienone is 2. The maximum Gasteiger partial charge on any atom is 0.267 e. The van der Waals surface area contributed by atoms with Crippen molar-refractivity contribution in [3.8, 4) is 6.07 Å². The monoisotopic (exact) mass is 579 g/mol. The summed E-state index contributed by atoms with van der Waals surface area (Å²) in [6.45, 7) is 13.8. The van der Waals surface area contributed by atoms with Crippen molar-refractivity contribution in [3.63, 3.8) is 0 Å². The Morgan fingerprint density at radius 1 is 1.26 bits per heavy atom. The average Bonchev–Trinajstić information content (AvgIpc) is 2.99. The molecule has 0 aliphatic carbocycles. The van der Waals surface area contributed by atoms with Gasteiger partial charge in [-0.15, -0.1) is 0 Å². The number of carbonyl (C=O) groups excluding carboxylic acids is 1. The van der Waals surface area contributed by atoms with Gasteiger partial charge in [0.25, 0.3) is 11.5 Å². The molecule has 42 heavy (non-hydrogen) atoms. The largest absolute Gasteiger partial charge is 0.342 e. The van der Waals surface area contributed by atoms with E-state index in [0.717, 1.165) is 42.3 Å². The highest BCUT2D eigenvalue weighted by atomic mass is 19.1. The molecule has 0 unspecified atom stereocenters. The van der Waals surface area contributed by atoms with Gasteiger partial charge in [-0.1, -0.05) is 65.2 Å². The van der Waals surface area contributed by atoms with Gasteiger partial charge < -0.3 is 4.90 Å². The number of aryl methyl sites for hydroxylation is 1. The van der Waals surface area contributed by atoms with E-state index in [0.29, 0.717) is 44.7 Å². The molecule has 1 aliphatic rings. The summed E-state index contributed by atoms with van der Waals surface area (Å²) in [4.78, 5) is 34.9. The van der Waals surface area contributed by atoms with E-state index in [1.807, 2.05) is 19.1 Å². The van der Waals surface area contributed by atoms with E-state index in [2.05, 4.69) is 43.3 Å². The van der Waals surface area contributed by atoms with Crippen LogP contribution in [0.4, 0.5) is 4.39 Å². The molecular formula is C34H50FN5O2. The molecule has 1 saturated heterocycles. The lowest BCUT2D eigenvalue weighted by molar-refractivity contribution is 0.0790. The normalized spacial score (nSPS) is 15.2. The SMILES string of the molecule is C=CN=C(/C=C/CF)C1(C#N)CCN(Cc2cc(C(=O)N(C)CCCCCC)c(=O)n3cccc(C)c23)CC1.CCC.[HH]. The van der Waals surface area contributed by atoms with E-state index in [-0.39, 0.29) is 18.5 Å². The van der Waals surface area contributed by atoms with Crippen molar-refractivity contribution in [2.75, 3.05) is 33.4 Å². The van der Waals surface area contributed by atoms with E-state index < -0.39 is 12.1 Å². The molecule has 0 N–H and O–H groups in total. The number of piperidine rings is 1. The number of hydrogen-bond donors (Lipinski definition) is 0. The first-order valence-electron chi connectivity index (χ1n) is 15.2. The van der Waals surface area contributed by atoms with Crippen LogP contribution in [0, 0.1) is 23.7 Å². The number of pyridine rings is 2. The lowest BCUT2D eigenvalue weighted by Gasteiger charge is -2.37. The van der Waals surface area contributed by atoms with Crippen LogP contribution in [0.1, 0.15) is 88.6 Å². The van der Waals surface area contributed by atoms with Crippen molar-refractivity contribution in [3.05, 3.63) is 76.4 Å². The number of nitrogens with zero attached hydrogens (tertiary/aromatic N) is 5. The van der Waals surface area contributed by atoms with Crippen LogP contribution in [0.2, 0.25) is 0 Å². The van der Waals surface area contributed by atoms with Crippen molar-refractivity contribution < 1.29 is 10.6 Å². The second-order valence-corrected chi connectivity index (χ2v) is 11.0. The Morgan fingerprint density at radius 3 is 2.55 bits per heavy atom. The van der Waals surface area contributed by atoms with Gasteiger partial charge in [0.1, 0.15) is 17.7 Å². The van der Waals surface area contributed by atoms with Gasteiger partial charge in [-0.25, -0.2) is 4.39 Å². The fourth-order valence-electron chi connectivity index (χ4n) is 5.32. The molecule has 1 amide bonds. The van der Waals surface area contributed by atoms with Crippen LogP contribution in [0.15, 0.2) is 59.1 Å². The van der Waals surface area contributed by atoms with E-state index in [1.165, 1.54) is 18.7 Å². The fourth-order valence-corrected chi connectivity index (χ4v) is 5.32. The zero-order chi connectivity index (χ0) is 31.1. The molecule has 7 nitrogen and oxygen atoms in total. The summed E-state index contributed by atoms with van der Waals surface area (Å²) in [6, 6.07) is 7.98. The summed E-state index contributed by atoms with van der Waals surface area (Å²) in [7, 11) is 1.75. The first kappa shape index (κ1) is 34.6. The lowest BCUT2D eigenvalue weighted by Crippen LogP contribution is -2.43. The molecular weight excluding hydrogens is 529 g/mol. The molecule has 8 heteroatoms. The highest BCUT2D eigenvalue weighted by Gasteiger charge is 2.38. The minimum absolute atomic E-state index is 0. The number of carbonyl (C=O) groups is 1. The second-order valence-electron chi connectivity index (χ2n) is 11.0. The Bertz CT molecular complexity index is 1350. The Morgan fingerprint density at radius 2 is 1.95 bits per heavy atom. The number of aliphatic imine (C=N–C) groups is 1. The Kier molecular flexibility index (Phi) is 14.3. The van der Waals surface area contributed by atoms with Gasteiger partial charge in [-0.2, -0.15) is 5.26 Å². The fraction of sp³-hybridized carbons (Fsp3) is 0.529. The molecule has 1 aliphatic heterocycles. The van der Waals surface area contributed by atoms with Crippen LogP contribution in [-0.4, -0.2) is 59.2 Å². The summed E-state index contributed by atoms with van der Waals surface area (Å²) in [6.07, 6.45) is 12.6. The molecule has 2 aromatic heterocycles. The summed E-state index contributed by atoms with van der Waals surface area (Å²) in [5.74, 6) is -0.263. The van der Waals surface area contributed by atoms with Crippen LogP contribution in [0.25, 0.3) is 5.52 Å². The maximum atomic E-state index is 13.4. The van der Waals surface area contributed by atoms with Gasteiger partial charge >= 0.3 is 0 Å². The van der Waals surface area contributed by atoms with E-state index in [9.17, 15) is 19.2 Å². The summed E-state index contributed by atoms with van der Waals surface area (Å²) in [5.41, 5.74) is 2.24. The number of rotatable bonds is 12. The van der Waals surface area contributed by atoms with Crippen molar-refractivity contribution in [1.29, 1.82) is 5.26 Å². The minimum atomic E-state index is -0.816. The zero-order valence-corrected chi connectivity index (χ0v) is 26.2. The molecule has 0 saturated carbocycles. The number of aromatic nitrogens is 1. The van der Waals surface area contributed by atoms with E-state index in [1.54, 1.807) is 34.7 Å². The minimum Gasteiger partial charge on any atom is -0.342 e. The molecule has 2 aromatic rings. The van der Waals surface area contributed by atoms with Crippen LogP contribution in [0.3, 0.4) is 0 Å². The van der Waals surface area contributed by atoms with E-state index in [4.69, 9.17) is 0 Å². The summed E-state index contributed by atoms with van der Waals surface area (Å²) in [5, 5.41) is 10.1. The van der Waals surface area contributed by atoms with Gasteiger partial charge in [0.15, 0.2) is 0 Å². The number of amides is 1. The van der Waals surface area contributed by atoms with Gasteiger partial charge in [-0.3, -0.25) is 23.9 Å². The zero-order valence-electron chi connectivity index (χ0n) is 26.2. The summed E-state index contributed by atoms with van der Waals surface area (Å²) < 4.78 is 14.4. The number of unbranched alkanes of at least 4 members (excludes halogenated alkanes) is 3. The standard InChI is InChI=1S/C31H40FN5O2.C3H8.H2/c1-5-7-8-9-17-35(4)29(38)26-21-25(28-24(3)12-11-18-37(28)30(26)39)22-36-19-14-31(23-33,15-20-36)27(34-6-2)13-10-16-32;1-3-2;/h6,10-13,18,21H,2,5,7-9,14-17,19-20,22H2,1,3-4H3;3H2,1-2H3;1H/b13-10+,34-27?;;. The van der Waals surface area contributed by atoms with Gasteiger partial charge in [-0.05, 0) is 55.5 Å². The number of hydrogen-bond acceptors (Lipinski definition) is 5. The van der Waals surface area contributed by atoms with E-state index >= 15 is 0 Å². The molecule has 1 fully saturated rings. The quantitative estimate of drug-likeness (QED) is 0.198. The van der Waals surface area contributed by atoms with Crippen molar-refractivity contribution in [2.45, 2.75) is 79.2 Å². The highest BCUT2D eigenvalue weighted by molar-refractivity contribution is 6.02. The van der Waals surface area contributed by atoms with Crippen molar-refractivity contribution >= 4 is 17.1 Å². The van der Waals surface area contributed by atoms with Crippen molar-refractivity contribution in [1.82, 2.24) is 14.2 Å². The third kappa shape index (κ3) is 8.72. The third-order valence-electron chi connectivity index (χ3n) is 7.59. The van der Waals surface area contributed by atoms with Crippen LogP contribution in [0.5, 0.6) is 0 Å². The van der Waals surface area contributed by atoms with Gasteiger partial charge in [0, 0.05) is 47.1 Å². The Balaban J connectivity index is 0.00000221. The maximum absolute atomic E-state index is 13.4. The van der Waals surface area contributed by atoms with Crippen LogP contribution in [-0.2, 0) is 6.54 Å². The van der Waals surface area contributed by atoms with Crippen LogP contribution >= 0.6 is 0 Å². The highest BCUT2D eigenvalue weighted by Crippen LogP contribution is 2.34. The molecule has 3 rings (SSSR count). The van der Waals surface area contributed by atoms with Gasteiger partial charge in [0.05, 0.1) is 17.3 Å². The second kappa shape index (κ2) is 17.4. The molecule has 0 radical (unpaired) electrons.